The zero-order valence-electron chi connectivity index (χ0n) is 15.4. The zero-order chi connectivity index (χ0) is 19.8. The standard InChI is InChI=1S/C20H26NO5P/c1-20(21,16-25-27(22,23)24)15-14-19-13-12-18(26-19)11-7-3-6-10-17-8-4-2-5-9-17/h2,4-5,8-9,12-13H,3,6,10,14-16,21H2,1H3,(H2,22,23,24)/t20-/m1/s1. The van der Waals surface area contributed by atoms with Crippen LogP contribution in [-0.2, 0) is 21.9 Å². The molecule has 0 bridgehead atoms. The number of hydrogen-bond donors (Lipinski definition) is 3. The lowest BCUT2D eigenvalue weighted by Gasteiger charge is -2.23. The Morgan fingerprint density at radius 3 is 2.63 bits per heavy atom. The Balaban J connectivity index is 1.74. The van der Waals surface area contributed by atoms with Crippen molar-refractivity contribution in [3.8, 4) is 11.8 Å². The van der Waals surface area contributed by atoms with Gasteiger partial charge in [-0.2, -0.15) is 0 Å². The van der Waals surface area contributed by atoms with Gasteiger partial charge in [-0.3, -0.25) is 4.52 Å². The number of aryl methyl sites for hydroxylation is 2. The second-order valence-corrected chi connectivity index (χ2v) is 8.06. The molecule has 1 heterocycles. The number of benzene rings is 1. The molecule has 0 aliphatic carbocycles. The van der Waals surface area contributed by atoms with E-state index in [2.05, 4.69) is 28.5 Å². The van der Waals surface area contributed by atoms with Gasteiger partial charge in [-0.05, 0) is 49.8 Å². The van der Waals surface area contributed by atoms with Crippen LogP contribution in [0.3, 0.4) is 0 Å². The second-order valence-electron chi connectivity index (χ2n) is 6.82. The third-order valence-corrected chi connectivity index (χ3v) is 4.45. The molecule has 2 rings (SSSR count). The highest BCUT2D eigenvalue weighted by molar-refractivity contribution is 7.46. The number of furan rings is 1. The molecule has 1 aromatic heterocycles. The number of phosphoric acid groups is 1. The first-order valence-electron chi connectivity index (χ1n) is 8.84. The molecule has 2 aromatic rings. The summed E-state index contributed by atoms with van der Waals surface area (Å²) in [5.74, 6) is 7.48. The monoisotopic (exact) mass is 391 g/mol. The number of hydrogen-bond acceptors (Lipinski definition) is 4. The van der Waals surface area contributed by atoms with Gasteiger partial charge in [0, 0.05) is 18.4 Å². The van der Waals surface area contributed by atoms with Gasteiger partial charge < -0.3 is 19.9 Å². The molecule has 0 fully saturated rings. The lowest BCUT2D eigenvalue weighted by Crippen LogP contribution is -2.41. The molecule has 146 valence electrons. The molecule has 1 aromatic carbocycles. The molecule has 0 aliphatic rings. The van der Waals surface area contributed by atoms with Gasteiger partial charge in [0.05, 0.1) is 6.61 Å². The Hall–Kier alpha value is -1.87. The molecule has 6 nitrogen and oxygen atoms in total. The van der Waals surface area contributed by atoms with Crippen molar-refractivity contribution in [1.29, 1.82) is 0 Å². The first-order chi connectivity index (χ1) is 12.7. The fourth-order valence-electron chi connectivity index (χ4n) is 2.47. The summed E-state index contributed by atoms with van der Waals surface area (Å²) in [5.41, 5.74) is 6.45. The maximum absolute atomic E-state index is 10.8. The first-order valence-corrected chi connectivity index (χ1v) is 10.4. The zero-order valence-corrected chi connectivity index (χ0v) is 16.3. The van der Waals surface area contributed by atoms with Crippen molar-refractivity contribution < 1.29 is 23.3 Å². The van der Waals surface area contributed by atoms with Gasteiger partial charge in [-0.1, -0.05) is 36.3 Å². The van der Waals surface area contributed by atoms with E-state index in [1.807, 2.05) is 30.3 Å². The summed E-state index contributed by atoms with van der Waals surface area (Å²) >= 11 is 0. The Labute approximate surface area is 160 Å². The highest BCUT2D eigenvalue weighted by Gasteiger charge is 2.24. The molecular weight excluding hydrogens is 365 g/mol. The number of nitrogens with two attached hydrogens (primary N) is 1. The summed E-state index contributed by atoms with van der Waals surface area (Å²) in [4.78, 5) is 17.5. The molecule has 7 heteroatoms. The Morgan fingerprint density at radius 2 is 1.93 bits per heavy atom. The van der Waals surface area contributed by atoms with Crippen LogP contribution < -0.4 is 5.73 Å². The van der Waals surface area contributed by atoms with E-state index in [1.165, 1.54) is 5.56 Å². The largest absolute Gasteiger partial charge is 0.469 e. The van der Waals surface area contributed by atoms with Gasteiger partial charge in [0.1, 0.15) is 5.76 Å². The van der Waals surface area contributed by atoms with Crippen molar-refractivity contribution in [2.45, 2.75) is 44.6 Å². The van der Waals surface area contributed by atoms with E-state index in [9.17, 15) is 4.57 Å². The van der Waals surface area contributed by atoms with Gasteiger partial charge in [-0.25, -0.2) is 4.57 Å². The molecule has 1 atom stereocenters. The maximum Gasteiger partial charge on any atom is 0.469 e. The van der Waals surface area contributed by atoms with Crippen LogP contribution in [0, 0.1) is 11.8 Å². The smallest absolute Gasteiger partial charge is 0.453 e. The van der Waals surface area contributed by atoms with Crippen molar-refractivity contribution in [2.75, 3.05) is 6.61 Å². The van der Waals surface area contributed by atoms with E-state index in [-0.39, 0.29) is 6.61 Å². The highest BCUT2D eigenvalue weighted by atomic mass is 31.2. The molecule has 0 amide bonds. The molecule has 0 saturated carbocycles. The molecule has 0 spiro atoms. The SMILES string of the molecule is C[C@@](N)(CCc1ccc(C#CCCCc2ccccc2)o1)COP(=O)(O)O. The topological polar surface area (TPSA) is 106 Å². The van der Waals surface area contributed by atoms with Crippen molar-refractivity contribution in [1.82, 2.24) is 0 Å². The quantitative estimate of drug-likeness (QED) is 0.344. The van der Waals surface area contributed by atoms with Gasteiger partial charge in [0.15, 0.2) is 5.76 Å². The summed E-state index contributed by atoms with van der Waals surface area (Å²) in [7, 11) is -4.51. The van der Waals surface area contributed by atoms with Crippen molar-refractivity contribution in [3.63, 3.8) is 0 Å². The summed E-state index contributed by atoms with van der Waals surface area (Å²) < 4.78 is 20.9. The van der Waals surface area contributed by atoms with Crippen LogP contribution in [0.15, 0.2) is 46.9 Å². The van der Waals surface area contributed by atoms with E-state index in [1.54, 1.807) is 6.92 Å². The fraction of sp³-hybridized carbons (Fsp3) is 0.400. The van der Waals surface area contributed by atoms with Crippen molar-refractivity contribution in [2.24, 2.45) is 5.73 Å². The average Bonchev–Trinajstić information content (AvgIpc) is 3.07. The Morgan fingerprint density at radius 1 is 1.19 bits per heavy atom. The molecule has 27 heavy (non-hydrogen) atoms. The van der Waals surface area contributed by atoms with E-state index in [0.717, 1.165) is 25.0 Å². The lowest BCUT2D eigenvalue weighted by atomic mass is 9.98. The van der Waals surface area contributed by atoms with Crippen LogP contribution in [0.5, 0.6) is 0 Å². The molecule has 4 N–H and O–H groups in total. The molecule has 0 radical (unpaired) electrons. The minimum Gasteiger partial charge on any atom is -0.453 e. The van der Waals surface area contributed by atoms with Gasteiger partial charge in [-0.15, -0.1) is 0 Å². The van der Waals surface area contributed by atoms with Crippen LogP contribution in [-0.4, -0.2) is 21.9 Å². The van der Waals surface area contributed by atoms with Gasteiger partial charge >= 0.3 is 7.82 Å². The average molecular weight is 391 g/mol. The number of unbranched alkanes of at least 4 members (excludes halogenated alkanes) is 1. The first kappa shape index (κ1) is 21.4. The van der Waals surface area contributed by atoms with E-state index >= 15 is 0 Å². The lowest BCUT2D eigenvalue weighted by molar-refractivity contribution is 0.154. The molecule has 0 aliphatic heterocycles. The fourth-order valence-corrected chi connectivity index (χ4v) is 2.93. The number of rotatable bonds is 9. The second kappa shape index (κ2) is 9.89. The van der Waals surface area contributed by atoms with Gasteiger partial charge in [0.2, 0.25) is 0 Å². The maximum atomic E-state index is 10.8. The molecule has 0 saturated heterocycles. The summed E-state index contributed by atoms with van der Waals surface area (Å²) in [6.07, 6.45) is 3.80. The molecule has 0 unspecified atom stereocenters. The van der Waals surface area contributed by atoms with E-state index in [0.29, 0.717) is 18.6 Å². The van der Waals surface area contributed by atoms with Crippen molar-refractivity contribution in [3.05, 3.63) is 59.5 Å². The normalized spacial score (nSPS) is 13.6. The Kier molecular flexibility index (Phi) is 7.85. The van der Waals surface area contributed by atoms with Crippen LogP contribution in [0.1, 0.15) is 43.3 Å². The third-order valence-electron chi connectivity index (χ3n) is 3.99. The number of phosphoric ester groups is 1. The van der Waals surface area contributed by atoms with Gasteiger partial charge in [0.25, 0.3) is 0 Å². The van der Waals surface area contributed by atoms with Crippen LogP contribution in [0.2, 0.25) is 0 Å². The Bertz CT molecular complexity index is 814. The minimum absolute atomic E-state index is 0.230. The predicted molar refractivity (Wildman–Crippen MR) is 104 cm³/mol. The summed E-state index contributed by atoms with van der Waals surface area (Å²) in [5, 5.41) is 0. The van der Waals surface area contributed by atoms with Crippen LogP contribution in [0.4, 0.5) is 0 Å². The van der Waals surface area contributed by atoms with Crippen LogP contribution >= 0.6 is 7.82 Å². The van der Waals surface area contributed by atoms with Crippen LogP contribution in [0.25, 0.3) is 0 Å². The van der Waals surface area contributed by atoms with E-state index in [4.69, 9.17) is 19.9 Å². The highest BCUT2D eigenvalue weighted by Crippen LogP contribution is 2.36. The van der Waals surface area contributed by atoms with Crippen molar-refractivity contribution >= 4 is 7.82 Å². The molecular formula is C20H26NO5P. The minimum atomic E-state index is -4.51. The summed E-state index contributed by atoms with van der Waals surface area (Å²) in [6.45, 7) is 1.45. The predicted octanol–water partition coefficient (Wildman–Crippen LogP) is 3.41. The summed E-state index contributed by atoms with van der Waals surface area (Å²) in [6, 6.07) is 14.0. The van der Waals surface area contributed by atoms with E-state index < -0.39 is 13.4 Å². The third kappa shape index (κ3) is 9.05.